The Balaban J connectivity index is 2.24. The van der Waals surface area contributed by atoms with Gasteiger partial charge in [-0.2, -0.15) is 0 Å². The third-order valence-corrected chi connectivity index (χ3v) is 3.75. The number of aromatic nitrogens is 1. The molecule has 0 aliphatic carbocycles. The van der Waals surface area contributed by atoms with Gasteiger partial charge in [-0.1, -0.05) is 29.8 Å². The van der Waals surface area contributed by atoms with E-state index in [2.05, 4.69) is 4.98 Å². The zero-order chi connectivity index (χ0) is 14.3. The van der Waals surface area contributed by atoms with Gasteiger partial charge in [0.1, 0.15) is 0 Å². The summed E-state index contributed by atoms with van der Waals surface area (Å²) in [5.74, 6) is -0.111. The van der Waals surface area contributed by atoms with Gasteiger partial charge in [-0.15, -0.1) is 0 Å². The molecule has 0 bridgehead atoms. The van der Waals surface area contributed by atoms with Crippen LogP contribution in [0.25, 0.3) is 10.9 Å². The minimum atomic E-state index is -0.111. The zero-order valence-corrected chi connectivity index (χ0v) is 11.7. The number of nitrogen functional groups attached to an aromatic ring is 1. The maximum absolute atomic E-state index is 12.8. The number of anilines is 1. The molecule has 3 rings (SSSR count). The van der Waals surface area contributed by atoms with Crippen molar-refractivity contribution in [1.29, 1.82) is 0 Å². The lowest BCUT2D eigenvalue weighted by molar-refractivity contribution is 0.104. The van der Waals surface area contributed by atoms with E-state index >= 15 is 0 Å². The smallest absolute Gasteiger partial charge is 0.197 e. The Kier molecular flexibility index (Phi) is 2.99. The molecule has 1 aromatic heterocycles. The minimum Gasteiger partial charge on any atom is -0.398 e. The molecular formula is C16H13ClN2O. The molecule has 3 nitrogen and oxygen atoms in total. The summed E-state index contributed by atoms with van der Waals surface area (Å²) in [5, 5.41) is 1.29. The number of carbonyl (C=O) groups is 1. The van der Waals surface area contributed by atoms with Crippen molar-refractivity contribution in [3.63, 3.8) is 0 Å². The van der Waals surface area contributed by atoms with Crippen LogP contribution in [0, 0.1) is 6.92 Å². The highest BCUT2D eigenvalue weighted by Crippen LogP contribution is 2.30. The van der Waals surface area contributed by atoms with Gasteiger partial charge in [0.15, 0.2) is 5.78 Å². The molecule has 1 heterocycles. The summed E-state index contributed by atoms with van der Waals surface area (Å²) in [7, 11) is 0. The van der Waals surface area contributed by atoms with Crippen LogP contribution in [-0.2, 0) is 0 Å². The molecule has 20 heavy (non-hydrogen) atoms. The molecule has 0 aliphatic heterocycles. The molecule has 0 atom stereocenters. The van der Waals surface area contributed by atoms with Crippen LogP contribution in [-0.4, -0.2) is 10.8 Å². The first kappa shape index (κ1) is 12.8. The number of rotatable bonds is 2. The van der Waals surface area contributed by atoms with Crippen LogP contribution in [0.4, 0.5) is 5.69 Å². The molecule has 0 amide bonds. The number of nitrogens with two attached hydrogens (primary N) is 1. The van der Waals surface area contributed by atoms with Crippen molar-refractivity contribution < 1.29 is 4.79 Å². The SMILES string of the molecule is Cc1cccc(N)c1C(=O)c1c[nH]c2cccc(Cl)c12. The minimum absolute atomic E-state index is 0.111. The summed E-state index contributed by atoms with van der Waals surface area (Å²) in [4.78, 5) is 15.8. The maximum Gasteiger partial charge on any atom is 0.197 e. The number of carbonyl (C=O) groups excluding carboxylic acids is 1. The Morgan fingerprint density at radius 1 is 1.20 bits per heavy atom. The van der Waals surface area contributed by atoms with Crippen molar-refractivity contribution >= 4 is 34.0 Å². The fourth-order valence-corrected chi connectivity index (χ4v) is 2.73. The van der Waals surface area contributed by atoms with Crippen LogP contribution in [0.5, 0.6) is 0 Å². The van der Waals surface area contributed by atoms with Crippen LogP contribution in [0.3, 0.4) is 0 Å². The summed E-state index contributed by atoms with van der Waals surface area (Å²) in [6, 6.07) is 11.0. The van der Waals surface area contributed by atoms with Gasteiger partial charge in [-0.25, -0.2) is 0 Å². The van der Waals surface area contributed by atoms with E-state index < -0.39 is 0 Å². The molecule has 0 fully saturated rings. The van der Waals surface area contributed by atoms with Gasteiger partial charge in [0.2, 0.25) is 0 Å². The highest BCUT2D eigenvalue weighted by atomic mass is 35.5. The average Bonchev–Trinajstić information content (AvgIpc) is 2.83. The van der Waals surface area contributed by atoms with Crippen LogP contribution >= 0.6 is 11.6 Å². The van der Waals surface area contributed by atoms with Crippen LogP contribution in [0.2, 0.25) is 5.02 Å². The molecule has 0 unspecified atom stereocenters. The van der Waals surface area contributed by atoms with Crippen molar-refractivity contribution in [2.24, 2.45) is 0 Å². The van der Waals surface area contributed by atoms with Gasteiger partial charge in [0.25, 0.3) is 0 Å². The molecule has 100 valence electrons. The fourth-order valence-electron chi connectivity index (χ4n) is 2.45. The van der Waals surface area contributed by atoms with E-state index in [1.54, 1.807) is 18.3 Å². The highest BCUT2D eigenvalue weighted by Gasteiger charge is 2.19. The number of hydrogen-bond donors (Lipinski definition) is 2. The van der Waals surface area contributed by atoms with Crippen LogP contribution in [0.15, 0.2) is 42.6 Å². The maximum atomic E-state index is 12.8. The summed E-state index contributed by atoms with van der Waals surface area (Å²) in [6.45, 7) is 1.88. The number of aryl methyl sites for hydroxylation is 1. The van der Waals surface area contributed by atoms with Crippen molar-refractivity contribution in [3.8, 4) is 0 Å². The molecule has 3 aromatic rings. The van der Waals surface area contributed by atoms with Gasteiger partial charge < -0.3 is 10.7 Å². The lowest BCUT2D eigenvalue weighted by Gasteiger charge is -2.08. The van der Waals surface area contributed by atoms with Gasteiger partial charge in [0, 0.05) is 33.9 Å². The lowest BCUT2D eigenvalue weighted by atomic mass is 9.97. The van der Waals surface area contributed by atoms with Crippen LogP contribution in [0.1, 0.15) is 21.5 Å². The standard InChI is InChI=1S/C16H13ClN2O/c1-9-4-2-6-12(18)14(9)16(20)10-8-19-13-7-3-5-11(17)15(10)13/h2-8,19H,18H2,1H3. The number of nitrogens with one attached hydrogen (secondary N) is 1. The summed E-state index contributed by atoms with van der Waals surface area (Å²) in [5.41, 5.74) is 9.21. The number of benzene rings is 2. The van der Waals surface area contributed by atoms with Gasteiger partial charge in [-0.3, -0.25) is 4.79 Å². The van der Waals surface area contributed by atoms with E-state index in [0.29, 0.717) is 21.8 Å². The molecular weight excluding hydrogens is 272 g/mol. The van der Waals surface area contributed by atoms with Crippen molar-refractivity contribution in [1.82, 2.24) is 4.98 Å². The second-order valence-corrected chi connectivity index (χ2v) is 5.14. The number of fused-ring (bicyclic) bond motifs is 1. The Labute approximate surface area is 121 Å². The van der Waals surface area contributed by atoms with E-state index in [0.717, 1.165) is 16.5 Å². The van der Waals surface area contributed by atoms with E-state index in [1.807, 2.05) is 31.2 Å². The largest absolute Gasteiger partial charge is 0.398 e. The van der Waals surface area contributed by atoms with E-state index in [-0.39, 0.29) is 5.78 Å². The number of H-pyrrole nitrogens is 1. The Hall–Kier alpha value is -2.26. The Morgan fingerprint density at radius 3 is 2.70 bits per heavy atom. The third-order valence-electron chi connectivity index (χ3n) is 3.43. The molecule has 4 heteroatoms. The van der Waals surface area contributed by atoms with Crippen molar-refractivity contribution in [2.45, 2.75) is 6.92 Å². The lowest BCUT2D eigenvalue weighted by Crippen LogP contribution is -2.07. The van der Waals surface area contributed by atoms with Gasteiger partial charge in [-0.05, 0) is 30.7 Å². The molecule has 0 saturated carbocycles. The Bertz CT molecular complexity index is 800. The second kappa shape index (κ2) is 4.69. The summed E-state index contributed by atoms with van der Waals surface area (Å²) < 4.78 is 0. The number of hydrogen-bond acceptors (Lipinski definition) is 2. The highest BCUT2D eigenvalue weighted by molar-refractivity contribution is 6.37. The quantitative estimate of drug-likeness (QED) is 0.553. The molecule has 3 N–H and O–H groups in total. The topological polar surface area (TPSA) is 58.9 Å². The first-order valence-electron chi connectivity index (χ1n) is 6.25. The normalized spacial score (nSPS) is 10.9. The first-order chi connectivity index (χ1) is 9.59. The van der Waals surface area contributed by atoms with E-state index in [9.17, 15) is 4.79 Å². The summed E-state index contributed by atoms with van der Waals surface area (Å²) >= 11 is 6.21. The van der Waals surface area contributed by atoms with E-state index in [4.69, 9.17) is 17.3 Å². The fraction of sp³-hybridized carbons (Fsp3) is 0.0625. The van der Waals surface area contributed by atoms with Gasteiger partial charge in [0.05, 0.1) is 5.02 Å². The average molecular weight is 285 g/mol. The number of ketones is 1. The number of halogens is 1. The predicted molar refractivity (Wildman–Crippen MR) is 82.3 cm³/mol. The first-order valence-corrected chi connectivity index (χ1v) is 6.63. The molecule has 0 saturated heterocycles. The zero-order valence-electron chi connectivity index (χ0n) is 10.9. The van der Waals surface area contributed by atoms with Crippen molar-refractivity contribution in [3.05, 3.63) is 64.3 Å². The van der Waals surface area contributed by atoms with Crippen molar-refractivity contribution in [2.75, 3.05) is 5.73 Å². The predicted octanol–water partition coefficient (Wildman–Crippen LogP) is 3.94. The van der Waals surface area contributed by atoms with Gasteiger partial charge >= 0.3 is 0 Å². The third kappa shape index (κ3) is 1.87. The number of aromatic amines is 1. The molecule has 0 aliphatic rings. The molecule has 2 aromatic carbocycles. The molecule has 0 radical (unpaired) electrons. The van der Waals surface area contributed by atoms with E-state index in [1.165, 1.54) is 0 Å². The Morgan fingerprint density at radius 2 is 1.95 bits per heavy atom. The second-order valence-electron chi connectivity index (χ2n) is 4.73. The summed E-state index contributed by atoms with van der Waals surface area (Å²) in [6.07, 6.45) is 1.69. The molecule has 0 spiro atoms. The van der Waals surface area contributed by atoms with Crippen LogP contribution < -0.4 is 5.73 Å². The monoisotopic (exact) mass is 284 g/mol.